The molecule has 0 aromatic carbocycles. The smallest absolute Gasteiger partial charge is 0.346 e. The molecule has 0 saturated carbocycles. The van der Waals surface area contributed by atoms with E-state index >= 15 is 0 Å². The first-order valence-electron chi connectivity index (χ1n) is 5.04. The molecule has 1 aromatic rings. The number of rotatable bonds is 1. The van der Waals surface area contributed by atoms with Crippen molar-refractivity contribution >= 4 is 5.82 Å². The van der Waals surface area contributed by atoms with Crippen LogP contribution in [0.3, 0.4) is 0 Å². The molecule has 0 aliphatic carbocycles. The number of ether oxygens (including phenoxy) is 1. The van der Waals surface area contributed by atoms with Crippen molar-refractivity contribution in [2.24, 2.45) is 0 Å². The van der Waals surface area contributed by atoms with Gasteiger partial charge in [0.05, 0.1) is 19.4 Å². The lowest BCUT2D eigenvalue weighted by molar-refractivity contribution is -0.00588. The van der Waals surface area contributed by atoms with Crippen molar-refractivity contribution in [3.8, 4) is 0 Å². The van der Waals surface area contributed by atoms with Crippen LogP contribution in [0.15, 0.2) is 11.0 Å². The fourth-order valence-electron chi connectivity index (χ4n) is 1.22. The Kier molecular flexibility index (Phi) is 5.16. The number of hydrogen-bond donors (Lipinski definition) is 5. The summed E-state index contributed by atoms with van der Waals surface area (Å²) < 4.78 is 16.9. The Labute approximate surface area is 101 Å². The molecule has 0 radical (unpaired) electrons. The maximum absolute atomic E-state index is 12.1. The van der Waals surface area contributed by atoms with E-state index in [-0.39, 0.29) is 19.0 Å². The van der Waals surface area contributed by atoms with Gasteiger partial charge in [-0.05, 0) is 0 Å². The number of H-pyrrole nitrogens is 1. The summed E-state index contributed by atoms with van der Waals surface area (Å²) in [7, 11) is 0. The molecule has 6 N–H and O–H groups in total. The highest BCUT2D eigenvalue weighted by atomic mass is 19.1. The summed E-state index contributed by atoms with van der Waals surface area (Å²) in [6, 6.07) is 0. The van der Waals surface area contributed by atoms with Crippen molar-refractivity contribution in [1.82, 2.24) is 9.97 Å². The molecule has 1 aliphatic rings. The second-order valence-corrected chi connectivity index (χ2v) is 3.56. The summed E-state index contributed by atoms with van der Waals surface area (Å²) in [5, 5.41) is 26.2. The van der Waals surface area contributed by atoms with Gasteiger partial charge in [-0.2, -0.15) is 4.98 Å². The third-order valence-corrected chi connectivity index (χ3v) is 2.23. The Morgan fingerprint density at radius 2 is 2.28 bits per heavy atom. The molecular formula is C9H14FN3O5. The molecule has 18 heavy (non-hydrogen) atoms. The largest absolute Gasteiger partial charge is 0.394 e. The van der Waals surface area contributed by atoms with E-state index in [0.717, 1.165) is 6.20 Å². The van der Waals surface area contributed by atoms with Crippen LogP contribution in [0, 0.1) is 5.82 Å². The van der Waals surface area contributed by atoms with Gasteiger partial charge in [-0.3, -0.25) is 4.98 Å². The quantitative estimate of drug-likeness (QED) is 0.380. The molecule has 1 aromatic heterocycles. The van der Waals surface area contributed by atoms with Gasteiger partial charge in [0.1, 0.15) is 24.1 Å². The summed E-state index contributed by atoms with van der Waals surface area (Å²) in [5.41, 5.74) is 4.31. The zero-order valence-corrected chi connectivity index (χ0v) is 9.28. The predicted octanol–water partition coefficient (Wildman–Crippen LogP) is -2.41. The van der Waals surface area contributed by atoms with Gasteiger partial charge in [-0.1, -0.05) is 0 Å². The number of anilines is 1. The van der Waals surface area contributed by atoms with Gasteiger partial charge in [0.25, 0.3) is 0 Å². The normalized spacial score (nSPS) is 26.6. The van der Waals surface area contributed by atoms with Crippen LogP contribution in [0.2, 0.25) is 0 Å². The molecule has 8 nitrogen and oxygen atoms in total. The van der Waals surface area contributed by atoms with Crippen LogP contribution in [-0.2, 0) is 4.74 Å². The summed E-state index contributed by atoms with van der Waals surface area (Å²) in [6.07, 6.45) is -1.58. The van der Waals surface area contributed by atoms with E-state index in [1.54, 1.807) is 0 Å². The monoisotopic (exact) mass is 263 g/mol. The Hall–Kier alpha value is -1.55. The highest BCUT2D eigenvalue weighted by Crippen LogP contribution is 2.12. The maximum atomic E-state index is 12.1. The average molecular weight is 263 g/mol. The Morgan fingerprint density at radius 3 is 2.61 bits per heavy atom. The van der Waals surface area contributed by atoms with E-state index < -0.39 is 29.8 Å². The molecule has 1 saturated heterocycles. The van der Waals surface area contributed by atoms with E-state index in [4.69, 9.17) is 25.8 Å². The Balaban J connectivity index is 0.000000180. The highest BCUT2D eigenvalue weighted by molar-refractivity contribution is 5.25. The summed E-state index contributed by atoms with van der Waals surface area (Å²) in [5.74, 6) is -0.996. The number of aromatic nitrogens is 2. The molecular weight excluding hydrogens is 249 g/mol. The number of nitrogen functional groups attached to an aromatic ring is 1. The van der Waals surface area contributed by atoms with E-state index in [0.29, 0.717) is 0 Å². The predicted molar refractivity (Wildman–Crippen MR) is 58.1 cm³/mol. The van der Waals surface area contributed by atoms with Crippen molar-refractivity contribution in [2.45, 2.75) is 18.3 Å². The third-order valence-electron chi connectivity index (χ3n) is 2.23. The summed E-state index contributed by atoms with van der Waals surface area (Å²) >= 11 is 0. The standard InChI is InChI=1S/C5H10O4.C4H4FN3O/c6-1-4-5(8)3(7)2-9-4;5-2-1-7-4(9)8-3(2)6/h3-8H,1-2H2;1H,(H3,6,7,8,9)/t3-,4+,5-;/m0./s1. The first-order chi connectivity index (χ1) is 8.45. The molecule has 3 atom stereocenters. The maximum Gasteiger partial charge on any atom is 0.346 e. The molecule has 0 spiro atoms. The third kappa shape index (κ3) is 3.74. The van der Waals surface area contributed by atoms with Gasteiger partial charge in [-0.15, -0.1) is 0 Å². The second kappa shape index (κ2) is 6.40. The number of halogens is 1. The zero-order chi connectivity index (χ0) is 13.7. The van der Waals surface area contributed by atoms with Crippen LogP contribution >= 0.6 is 0 Å². The average Bonchev–Trinajstić information content (AvgIpc) is 2.66. The van der Waals surface area contributed by atoms with E-state index in [1.807, 2.05) is 4.98 Å². The van der Waals surface area contributed by atoms with Crippen molar-refractivity contribution in [1.29, 1.82) is 0 Å². The van der Waals surface area contributed by atoms with E-state index in [1.165, 1.54) is 0 Å². The van der Waals surface area contributed by atoms with Crippen molar-refractivity contribution in [3.63, 3.8) is 0 Å². The summed E-state index contributed by atoms with van der Waals surface area (Å²) in [6.45, 7) is -0.120. The van der Waals surface area contributed by atoms with Crippen molar-refractivity contribution in [2.75, 3.05) is 18.9 Å². The molecule has 1 fully saturated rings. The van der Waals surface area contributed by atoms with Crippen molar-refractivity contribution < 1.29 is 24.4 Å². The number of aliphatic hydroxyl groups is 3. The van der Waals surface area contributed by atoms with Crippen LogP contribution in [-0.4, -0.2) is 56.8 Å². The van der Waals surface area contributed by atoms with Crippen molar-refractivity contribution in [3.05, 3.63) is 22.5 Å². The number of nitrogens with zero attached hydrogens (tertiary/aromatic N) is 1. The van der Waals surface area contributed by atoms with Gasteiger partial charge in [0.15, 0.2) is 5.82 Å². The minimum atomic E-state index is -0.921. The van der Waals surface area contributed by atoms with Gasteiger partial charge in [0, 0.05) is 0 Å². The highest BCUT2D eigenvalue weighted by Gasteiger charge is 2.33. The Bertz CT molecular complexity index is 440. The minimum Gasteiger partial charge on any atom is -0.394 e. The number of aromatic amines is 1. The lowest BCUT2D eigenvalue weighted by Crippen LogP contribution is -2.31. The van der Waals surface area contributed by atoms with Gasteiger partial charge < -0.3 is 25.8 Å². The number of hydrogen-bond acceptors (Lipinski definition) is 7. The van der Waals surface area contributed by atoms with Crippen LogP contribution < -0.4 is 11.4 Å². The fraction of sp³-hybridized carbons (Fsp3) is 0.556. The fourth-order valence-corrected chi connectivity index (χ4v) is 1.22. The lowest BCUT2D eigenvalue weighted by Gasteiger charge is -2.10. The second-order valence-electron chi connectivity index (χ2n) is 3.56. The number of aliphatic hydroxyl groups excluding tert-OH is 3. The first-order valence-corrected chi connectivity index (χ1v) is 5.04. The topological polar surface area (TPSA) is 142 Å². The molecule has 1 aliphatic heterocycles. The molecule has 0 amide bonds. The van der Waals surface area contributed by atoms with Gasteiger partial charge in [0.2, 0.25) is 0 Å². The first kappa shape index (κ1) is 14.5. The van der Waals surface area contributed by atoms with E-state index in [2.05, 4.69) is 4.98 Å². The van der Waals surface area contributed by atoms with E-state index in [9.17, 15) is 9.18 Å². The summed E-state index contributed by atoms with van der Waals surface area (Å²) in [4.78, 5) is 15.3. The molecule has 9 heteroatoms. The molecule has 2 rings (SSSR count). The zero-order valence-electron chi connectivity index (χ0n) is 9.28. The molecule has 0 bridgehead atoms. The number of nitrogens with one attached hydrogen (secondary N) is 1. The number of nitrogens with two attached hydrogens (primary N) is 1. The minimum absolute atomic E-state index is 0.117. The molecule has 0 unspecified atom stereocenters. The van der Waals surface area contributed by atoms with Crippen LogP contribution in [0.25, 0.3) is 0 Å². The Morgan fingerprint density at radius 1 is 1.61 bits per heavy atom. The lowest BCUT2D eigenvalue weighted by atomic mass is 10.2. The van der Waals surface area contributed by atoms with Crippen LogP contribution in [0.5, 0.6) is 0 Å². The van der Waals surface area contributed by atoms with Gasteiger partial charge in [-0.25, -0.2) is 9.18 Å². The van der Waals surface area contributed by atoms with Crippen LogP contribution in [0.1, 0.15) is 0 Å². The molecule has 102 valence electrons. The molecule has 2 heterocycles. The van der Waals surface area contributed by atoms with Gasteiger partial charge >= 0.3 is 5.69 Å². The van der Waals surface area contributed by atoms with Crippen LogP contribution in [0.4, 0.5) is 10.2 Å². The SMILES string of the molecule is Nc1[nH]c(=O)ncc1F.OC[C@H]1OC[C@H](O)[C@@H]1O.